The fourth-order valence-electron chi connectivity index (χ4n) is 2.90. The van der Waals surface area contributed by atoms with E-state index in [9.17, 15) is 4.79 Å². The topological polar surface area (TPSA) is 47.6 Å². The summed E-state index contributed by atoms with van der Waals surface area (Å²) in [5, 5.41) is 4.05. The van der Waals surface area contributed by atoms with Crippen LogP contribution in [0.5, 0.6) is 0 Å². The average molecular weight is 399 g/mol. The molecule has 7 heteroatoms. The van der Waals surface area contributed by atoms with E-state index >= 15 is 0 Å². The molecular formula is C20H16Cl2N4O. The minimum atomic E-state index is -0.437. The standard InChI is InChI=1S/C20H16Cl2N4O/c21-14-11-12-17(18(22)13-14)19-23-25(15-7-3-1-4-8-15)20(27)26(24-19)16-9-5-2-6-10-16/h1-13,19,23-24H. The van der Waals surface area contributed by atoms with Gasteiger partial charge >= 0.3 is 6.03 Å². The summed E-state index contributed by atoms with van der Waals surface area (Å²) in [7, 11) is 0. The predicted octanol–water partition coefficient (Wildman–Crippen LogP) is 5.15. The zero-order valence-corrected chi connectivity index (χ0v) is 15.7. The molecule has 27 heavy (non-hydrogen) atoms. The Morgan fingerprint density at radius 3 is 1.74 bits per heavy atom. The second-order valence-electron chi connectivity index (χ2n) is 5.98. The maximum atomic E-state index is 13.1. The van der Waals surface area contributed by atoms with Crippen LogP contribution in [0.25, 0.3) is 0 Å². The van der Waals surface area contributed by atoms with Gasteiger partial charge in [0.05, 0.1) is 11.4 Å². The van der Waals surface area contributed by atoms with Crippen LogP contribution in [0.1, 0.15) is 11.7 Å². The lowest BCUT2D eigenvalue weighted by Gasteiger charge is -2.41. The Hall–Kier alpha value is -2.57. The van der Waals surface area contributed by atoms with Crippen molar-refractivity contribution >= 4 is 40.6 Å². The summed E-state index contributed by atoms with van der Waals surface area (Å²) in [4.78, 5) is 13.1. The van der Waals surface area contributed by atoms with Crippen molar-refractivity contribution in [3.05, 3.63) is 94.5 Å². The summed E-state index contributed by atoms with van der Waals surface area (Å²) in [5.74, 6) is 0. The third kappa shape index (κ3) is 3.63. The highest BCUT2D eigenvalue weighted by Crippen LogP contribution is 2.30. The number of anilines is 2. The van der Waals surface area contributed by atoms with Crippen LogP contribution < -0.4 is 20.9 Å². The van der Waals surface area contributed by atoms with Gasteiger partial charge in [0.25, 0.3) is 0 Å². The van der Waals surface area contributed by atoms with Crippen molar-refractivity contribution in [2.75, 3.05) is 10.0 Å². The van der Waals surface area contributed by atoms with E-state index in [1.54, 1.807) is 12.1 Å². The number of amides is 2. The minimum Gasteiger partial charge on any atom is -0.245 e. The number of benzene rings is 3. The molecule has 136 valence electrons. The molecule has 1 heterocycles. The first-order chi connectivity index (χ1) is 13.1. The summed E-state index contributed by atoms with van der Waals surface area (Å²) >= 11 is 12.4. The summed E-state index contributed by atoms with van der Waals surface area (Å²) in [6, 6.07) is 23.8. The van der Waals surface area contributed by atoms with Crippen LogP contribution in [-0.4, -0.2) is 6.03 Å². The highest BCUT2D eigenvalue weighted by atomic mass is 35.5. The van der Waals surface area contributed by atoms with Gasteiger partial charge in [0.2, 0.25) is 0 Å². The van der Waals surface area contributed by atoms with Crippen LogP contribution in [0.3, 0.4) is 0 Å². The molecule has 4 rings (SSSR count). The maximum Gasteiger partial charge on any atom is 0.358 e. The van der Waals surface area contributed by atoms with Gasteiger partial charge in [-0.15, -0.1) is 0 Å². The first-order valence-electron chi connectivity index (χ1n) is 8.35. The lowest BCUT2D eigenvalue weighted by Crippen LogP contribution is -2.65. The zero-order valence-electron chi connectivity index (χ0n) is 14.1. The van der Waals surface area contributed by atoms with Gasteiger partial charge in [0.1, 0.15) is 6.17 Å². The van der Waals surface area contributed by atoms with Crippen molar-refractivity contribution in [1.82, 2.24) is 10.9 Å². The second-order valence-corrected chi connectivity index (χ2v) is 6.83. The molecule has 0 radical (unpaired) electrons. The highest BCUT2D eigenvalue weighted by Gasteiger charge is 2.34. The first kappa shape index (κ1) is 17.8. The van der Waals surface area contributed by atoms with Crippen molar-refractivity contribution in [3.63, 3.8) is 0 Å². The molecular weight excluding hydrogens is 383 g/mol. The fraction of sp³-hybridized carbons (Fsp3) is 0.0500. The number of rotatable bonds is 3. The number of hydrogen-bond acceptors (Lipinski definition) is 3. The van der Waals surface area contributed by atoms with Crippen LogP contribution >= 0.6 is 23.2 Å². The van der Waals surface area contributed by atoms with Crippen LogP contribution in [-0.2, 0) is 0 Å². The van der Waals surface area contributed by atoms with Gasteiger partial charge in [-0.1, -0.05) is 65.7 Å². The van der Waals surface area contributed by atoms with E-state index in [0.717, 1.165) is 16.9 Å². The van der Waals surface area contributed by atoms with Crippen LogP contribution in [0.2, 0.25) is 10.0 Å². The smallest absolute Gasteiger partial charge is 0.245 e. The van der Waals surface area contributed by atoms with Crippen LogP contribution in [0.15, 0.2) is 78.9 Å². The van der Waals surface area contributed by atoms with Crippen molar-refractivity contribution in [2.24, 2.45) is 0 Å². The zero-order chi connectivity index (χ0) is 18.8. The Labute approximate surface area is 167 Å². The number of hydrogen-bond donors (Lipinski definition) is 2. The number of carbonyl (C=O) groups is 1. The molecule has 1 aliphatic heterocycles. The van der Waals surface area contributed by atoms with Gasteiger partial charge in [-0.2, -0.15) is 0 Å². The SMILES string of the molecule is O=C1N(c2ccccc2)NC(c2ccc(Cl)cc2Cl)NN1c1ccccc1. The summed E-state index contributed by atoms with van der Waals surface area (Å²) < 4.78 is 0. The minimum absolute atomic E-state index is 0.256. The van der Waals surface area contributed by atoms with E-state index in [1.165, 1.54) is 10.0 Å². The van der Waals surface area contributed by atoms with Gasteiger partial charge in [0, 0.05) is 15.6 Å². The molecule has 1 fully saturated rings. The number of para-hydroxylation sites is 2. The summed E-state index contributed by atoms with van der Waals surface area (Å²) in [5.41, 5.74) is 8.62. The molecule has 0 bridgehead atoms. The Morgan fingerprint density at radius 2 is 1.26 bits per heavy atom. The molecule has 1 aliphatic rings. The fourth-order valence-corrected chi connectivity index (χ4v) is 3.41. The largest absolute Gasteiger partial charge is 0.358 e. The average Bonchev–Trinajstić information content (AvgIpc) is 2.70. The monoisotopic (exact) mass is 398 g/mol. The normalized spacial score (nSPS) is 15.3. The second kappa shape index (κ2) is 7.58. The molecule has 3 aromatic carbocycles. The molecule has 0 atom stereocenters. The molecule has 0 spiro atoms. The third-order valence-corrected chi connectivity index (χ3v) is 4.76. The first-order valence-corrected chi connectivity index (χ1v) is 9.11. The summed E-state index contributed by atoms with van der Waals surface area (Å²) in [6.45, 7) is 0. The number of nitrogens with zero attached hydrogens (tertiary/aromatic N) is 2. The van der Waals surface area contributed by atoms with Crippen LogP contribution in [0, 0.1) is 0 Å². The molecule has 0 saturated carbocycles. The summed E-state index contributed by atoms with van der Waals surface area (Å²) in [6.07, 6.45) is -0.437. The molecule has 2 amide bonds. The Kier molecular flexibility index (Phi) is 5.01. The van der Waals surface area contributed by atoms with Gasteiger partial charge in [-0.3, -0.25) is 0 Å². The van der Waals surface area contributed by atoms with E-state index in [0.29, 0.717) is 10.0 Å². The Bertz CT molecular complexity index is 901. The molecule has 0 aliphatic carbocycles. The van der Waals surface area contributed by atoms with Crippen molar-refractivity contribution in [1.29, 1.82) is 0 Å². The van der Waals surface area contributed by atoms with E-state index in [-0.39, 0.29) is 6.03 Å². The Balaban J connectivity index is 1.75. The number of carbonyl (C=O) groups excluding carboxylic acids is 1. The van der Waals surface area contributed by atoms with Crippen LogP contribution in [0.4, 0.5) is 16.2 Å². The van der Waals surface area contributed by atoms with Gasteiger partial charge in [0.15, 0.2) is 0 Å². The van der Waals surface area contributed by atoms with Crippen molar-refractivity contribution in [3.8, 4) is 0 Å². The quantitative estimate of drug-likeness (QED) is 0.641. The third-order valence-electron chi connectivity index (χ3n) is 4.20. The maximum absolute atomic E-state index is 13.1. The van der Waals surface area contributed by atoms with E-state index in [2.05, 4.69) is 10.9 Å². The van der Waals surface area contributed by atoms with Gasteiger partial charge < -0.3 is 0 Å². The van der Waals surface area contributed by atoms with E-state index in [4.69, 9.17) is 23.2 Å². The predicted molar refractivity (Wildman–Crippen MR) is 109 cm³/mol. The van der Waals surface area contributed by atoms with Gasteiger partial charge in [-0.25, -0.2) is 25.7 Å². The molecule has 1 saturated heterocycles. The van der Waals surface area contributed by atoms with E-state index < -0.39 is 6.17 Å². The number of nitrogens with one attached hydrogen (secondary N) is 2. The Morgan fingerprint density at radius 1 is 0.741 bits per heavy atom. The number of urea groups is 1. The molecule has 0 aromatic heterocycles. The highest BCUT2D eigenvalue weighted by molar-refractivity contribution is 6.35. The number of halogens is 2. The molecule has 2 N–H and O–H groups in total. The molecule has 0 unspecified atom stereocenters. The van der Waals surface area contributed by atoms with Crippen molar-refractivity contribution < 1.29 is 4.79 Å². The van der Waals surface area contributed by atoms with Gasteiger partial charge in [-0.05, 0) is 36.4 Å². The van der Waals surface area contributed by atoms with E-state index in [1.807, 2.05) is 66.7 Å². The number of hydrazine groups is 2. The molecule has 3 aromatic rings. The lowest BCUT2D eigenvalue weighted by atomic mass is 10.1. The van der Waals surface area contributed by atoms with Crippen molar-refractivity contribution in [2.45, 2.75) is 6.17 Å². The lowest BCUT2D eigenvalue weighted by molar-refractivity contribution is 0.231. The molecule has 5 nitrogen and oxygen atoms in total.